The van der Waals surface area contributed by atoms with Gasteiger partial charge in [-0.3, -0.25) is 0 Å². The average Bonchev–Trinajstić information content (AvgIpc) is 2.29. The van der Waals surface area contributed by atoms with Crippen molar-refractivity contribution in [2.75, 3.05) is 26.7 Å². The van der Waals surface area contributed by atoms with Crippen LogP contribution in [0.1, 0.15) is 18.9 Å². The highest BCUT2D eigenvalue weighted by molar-refractivity contribution is 5.14. The summed E-state index contributed by atoms with van der Waals surface area (Å²) in [6.07, 6.45) is 0.854. The Morgan fingerprint density at radius 2 is 2.00 bits per heavy atom. The normalized spacial score (nSPS) is 12.9. The van der Waals surface area contributed by atoms with E-state index in [1.54, 1.807) is 6.92 Å². The zero-order valence-electron chi connectivity index (χ0n) is 10.9. The van der Waals surface area contributed by atoms with Gasteiger partial charge in [0, 0.05) is 13.1 Å². The molecule has 2 N–H and O–H groups in total. The highest BCUT2D eigenvalue weighted by Gasteiger charge is 2.00. The minimum atomic E-state index is -0.253. The van der Waals surface area contributed by atoms with Crippen LogP contribution in [0.4, 0.5) is 0 Å². The van der Waals surface area contributed by atoms with Crippen molar-refractivity contribution in [2.45, 2.75) is 26.0 Å². The lowest BCUT2D eigenvalue weighted by atomic mass is 10.2. The van der Waals surface area contributed by atoms with Gasteiger partial charge < -0.3 is 15.3 Å². The van der Waals surface area contributed by atoms with E-state index in [0.717, 1.165) is 26.1 Å². The summed E-state index contributed by atoms with van der Waals surface area (Å²) in [5.74, 6) is 0. The van der Waals surface area contributed by atoms with Gasteiger partial charge in [0.15, 0.2) is 0 Å². The molecular formula is C14H24N2O. The van der Waals surface area contributed by atoms with Crippen LogP contribution in [0.15, 0.2) is 30.3 Å². The standard InChI is InChI=1S/C14H24N2O/c1-13(17)11-15-9-6-10-16(2)12-14-7-4-3-5-8-14/h3-5,7-8,13,15,17H,6,9-12H2,1-2H3/t13-/m1/s1. The summed E-state index contributed by atoms with van der Waals surface area (Å²) in [6, 6.07) is 10.5. The first kappa shape index (κ1) is 14.2. The molecule has 1 atom stereocenters. The molecule has 0 saturated carbocycles. The maximum Gasteiger partial charge on any atom is 0.0636 e. The van der Waals surface area contributed by atoms with Crippen molar-refractivity contribution < 1.29 is 5.11 Å². The number of aliphatic hydroxyl groups excluding tert-OH is 1. The molecular weight excluding hydrogens is 212 g/mol. The van der Waals surface area contributed by atoms with Crippen LogP contribution >= 0.6 is 0 Å². The van der Waals surface area contributed by atoms with Gasteiger partial charge in [-0.1, -0.05) is 30.3 Å². The zero-order chi connectivity index (χ0) is 12.5. The van der Waals surface area contributed by atoms with E-state index in [9.17, 15) is 0 Å². The van der Waals surface area contributed by atoms with E-state index in [1.807, 2.05) is 6.07 Å². The van der Waals surface area contributed by atoms with Crippen LogP contribution in [0.25, 0.3) is 0 Å². The minimum Gasteiger partial charge on any atom is -0.392 e. The Bertz CT molecular complexity index is 288. The Balaban J connectivity index is 2.07. The number of aliphatic hydroxyl groups is 1. The molecule has 0 unspecified atom stereocenters. The average molecular weight is 236 g/mol. The molecule has 0 spiro atoms. The fraction of sp³-hybridized carbons (Fsp3) is 0.571. The first-order valence-corrected chi connectivity index (χ1v) is 6.29. The summed E-state index contributed by atoms with van der Waals surface area (Å²) >= 11 is 0. The fourth-order valence-electron chi connectivity index (χ4n) is 1.76. The second-order valence-corrected chi connectivity index (χ2v) is 4.63. The number of nitrogens with one attached hydrogen (secondary N) is 1. The van der Waals surface area contributed by atoms with E-state index in [4.69, 9.17) is 5.11 Å². The third kappa shape index (κ3) is 7.10. The van der Waals surface area contributed by atoms with Crippen LogP contribution in [-0.2, 0) is 6.54 Å². The maximum absolute atomic E-state index is 9.08. The van der Waals surface area contributed by atoms with Gasteiger partial charge in [-0.25, -0.2) is 0 Å². The van der Waals surface area contributed by atoms with Gasteiger partial charge in [0.25, 0.3) is 0 Å². The van der Waals surface area contributed by atoms with Gasteiger partial charge in [0.05, 0.1) is 6.10 Å². The Morgan fingerprint density at radius 1 is 1.29 bits per heavy atom. The summed E-state index contributed by atoms with van der Waals surface area (Å²) in [4.78, 5) is 2.32. The largest absolute Gasteiger partial charge is 0.392 e. The molecule has 0 fully saturated rings. The Labute approximate surface area is 104 Å². The smallest absolute Gasteiger partial charge is 0.0636 e. The molecule has 0 heterocycles. The summed E-state index contributed by atoms with van der Waals surface area (Å²) < 4.78 is 0. The van der Waals surface area contributed by atoms with Crippen molar-refractivity contribution in [3.05, 3.63) is 35.9 Å². The summed E-state index contributed by atoms with van der Waals surface area (Å²) in [5, 5.41) is 12.3. The van der Waals surface area contributed by atoms with Crippen molar-refractivity contribution in [1.29, 1.82) is 0 Å². The Morgan fingerprint density at radius 3 is 2.65 bits per heavy atom. The first-order chi connectivity index (χ1) is 8.18. The van der Waals surface area contributed by atoms with Crippen LogP contribution in [0.3, 0.4) is 0 Å². The molecule has 1 aromatic carbocycles. The summed E-state index contributed by atoms with van der Waals surface area (Å²) in [7, 11) is 2.14. The molecule has 0 radical (unpaired) electrons. The third-order valence-corrected chi connectivity index (χ3v) is 2.63. The molecule has 0 aliphatic rings. The fourth-order valence-corrected chi connectivity index (χ4v) is 1.76. The molecule has 0 aliphatic heterocycles. The topological polar surface area (TPSA) is 35.5 Å². The summed E-state index contributed by atoms with van der Waals surface area (Å²) in [5.41, 5.74) is 1.35. The molecule has 0 amide bonds. The van der Waals surface area contributed by atoms with E-state index in [-0.39, 0.29) is 6.10 Å². The molecule has 96 valence electrons. The number of hydrogen-bond donors (Lipinski definition) is 2. The Kier molecular flexibility index (Phi) is 6.86. The van der Waals surface area contributed by atoms with Gasteiger partial charge in [-0.05, 0) is 39.0 Å². The van der Waals surface area contributed by atoms with Crippen LogP contribution in [0.5, 0.6) is 0 Å². The second-order valence-electron chi connectivity index (χ2n) is 4.63. The van der Waals surface area contributed by atoms with E-state index in [1.165, 1.54) is 5.56 Å². The molecule has 3 heteroatoms. The van der Waals surface area contributed by atoms with E-state index >= 15 is 0 Å². The molecule has 1 rings (SSSR count). The number of benzene rings is 1. The lowest BCUT2D eigenvalue weighted by Crippen LogP contribution is -2.28. The number of nitrogens with zero attached hydrogens (tertiary/aromatic N) is 1. The Hall–Kier alpha value is -0.900. The SMILES string of the molecule is C[C@@H](O)CNCCCN(C)Cc1ccccc1. The van der Waals surface area contributed by atoms with Crippen molar-refractivity contribution in [1.82, 2.24) is 10.2 Å². The van der Waals surface area contributed by atoms with Crippen molar-refractivity contribution in [2.24, 2.45) is 0 Å². The molecule has 0 aliphatic carbocycles. The van der Waals surface area contributed by atoms with Crippen molar-refractivity contribution >= 4 is 0 Å². The summed E-state index contributed by atoms with van der Waals surface area (Å²) in [6.45, 7) is 5.51. The number of rotatable bonds is 8. The maximum atomic E-state index is 9.08. The van der Waals surface area contributed by atoms with E-state index in [0.29, 0.717) is 6.54 Å². The first-order valence-electron chi connectivity index (χ1n) is 6.29. The van der Waals surface area contributed by atoms with E-state index in [2.05, 4.69) is 41.5 Å². The van der Waals surface area contributed by atoms with Crippen molar-refractivity contribution in [3.8, 4) is 0 Å². The van der Waals surface area contributed by atoms with Gasteiger partial charge in [-0.15, -0.1) is 0 Å². The van der Waals surface area contributed by atoms with Crippen LogP contribution in [0, 0.1) is 0 Å². The van der Waals surface area contributed by atoms with Gasteiger partial charge in [0.2, 0.25) is 0 Å². The molecule has 0 bridgehead atoms. The van der Waals surface area contributed by atoms with Gasteiger partial charge in [0.1, 0.15) is 0 Å². The zero-order valence-corrected chi connectivity index (χ0v) is 10.9. The monoisotopic (exact) mass is 236 g/mol. The van der Waals surface area contributed by atoms with Crippen LogP contribution in [-0.4, -0.2) is 42.8 Å². The second kappa shape index (κ2) is 8.23. The third-order valence-electron chi connectivity index (χ3n) is 2.63. The molecule has 3 nitrogen and oxygen atoms in total. The van der Waals surface area contributed by atoms with Crippen molar-refractivity contribution in [3.63, 3.8) is 0 Å². The van der Waals surface area contributed by atoms with Gasteiger partial charge >= 0.3 is 0 Å². The molecule has 0 aromatic heterocycles. The highest BCUT2D eigenvalue weighted by Crippen LogP contribution is 2.02. The highest BCUT2D eigenvalue weighted by atomic mass is 16.3. The lowest BCUT2D eigenvalue weighted by Gasteiger charge is -2.16. The van der Waals surface area contributed by atoms with E-state index < -0.39 is 0 Å². The molecule has 1 aromatic rings. The van der Waals surface area contributed by atoms with Crippen LogP contribution in [0.2, 0.25) is 0 Å². The predicted octanol–water partition coefficient (Wildman–Crippen LogP) is 1.48. The predicted molar refractivity (Wildman–Crippen MR) is 71.9 cm³/mol. The quantitative estimate of drug-likeness (QED) is 0.671. The lowest BCUT2D eigenvalue weighted by molar-refractivity contribution is 0.190. The molecule has 0 saturated heterocycles. The molecule has 17 heavy (non-hydrogen) atoms. The van der Waals surface area contributed by atoms with Gasteiger partial charge in [-0.2, -0.15) is 0 Å². The number of hydrogen-bond acceptors (Lipinski definition) is 3. The minimum absolute atomic E-state index is 0.253. The van der Waals surface area contributed by atoms with Crippen LogP contribution < -0.4 is 5.32 Å².